The minimum absolute atomic E-state index is 0.298. The number of hydrogen-bond donors (Lipinski definition) is 1. The number of carbonyl (C=O) groups excluding carboxylic acids is 1. The Hall–Kier alpha value is -3.83. The Morgan fingerprint density at radius 1 is 1.00 bits per heavy atom. The first-order chi connectivity index (χ1) is 16.0. The van der Waals surface area contributed by atoms with Gasteiger partial charge >= 0.3 is 0 Å². The second-order valence-corrected chi connectivity index (χ2v) is 7.98. The molecular weight excluding hydrogens is 436 g/mol. The summed E-state index contributed by atoms with van der Waals surface area (Å²) >= 11 is 6.44. The summed E-state index contributed by atoms with van der Waals surface area (Å²) < 4.78 is 11.4. The molecule has 6 heteroatoms. The van der Waals surface area contributed by atoms with Gasteiger partial charge in [0.15, 0.2) is 11.5 Å². The number of ether oxygens (including phenoxy) is 2. The third-order valence-corrected chi connectivity index (χ3v) is 5.43. The SMILES string of the molecule is COc1cc(/C=N\NC(=O)c2ccc3ccccc3c2)cc(Cl)c1OCc1ccc(C)cc1. The summed E-state index contributed by atoms with van der Waals surface area (Å²) in [7, 11) is 1.55. The molecule has 0 aliphatic rings. The van der Waals surface area contributed by atoms with Crippen molar-refractivity contribution in [3.8, 4) is 11.5 Å². The van der Waals surface area contributed by atoms with Gasteiger partial charge < -0.3 is 9.47 Å². The lowest BCUT2D eigenvalue weighted by Gasteiger charge is -2.13. The summed E-state index contributed by atoms with van der Waals surface area (Å²) in [4.78, 5) is 12.5. The molecule has 0 unspecified atom stereocenters. The van der Waals surface area contributed by atoms with E-state index in [0.29, 0.717) is 34.3 Å². The van der Waals surface area contributed by atoms with E-state index in [1.807, 2.05) is 67.6 Å². The van der Waals surface area contributed by atoms with Crippen molar-refractivity contribution in [1.29, 1.82) is 0 Å². The van der Waals surface area contributed by atoms with Crippen LogP contribution in [0, 0.1) is 6.92 Å². The predicted molar refractivity (Wildman–Crippen MR) is 133 cm³/mol. The average molecular weight is 459 g/mol. The number of halogens is 1. The van der Waals surface area contributed by atoms with E-state index < -0.39 is 0 Å². The van der Waals surface area contributed by atoms with Crippen LogP contribution in [0.4, 0.5) is 0 Å². The molecule has 0 radical (unpaired) electrons. The molecule has 4 aromatic rings. The van der Waals surface area contributed by atoms with Gasteiger partial charge in [-0.15, -0.1) is 0 Å². The normalized spacial score (nSPS) is 11.0. The summed E-state index contributed by atoms with van der Waals surface area (Å²) in [5.74, 6) is 0.641. The Morgan fingerprint density at radius 3 is 2.52 bits per heavy atom. The number of rotatable bonds is 7. The van der Waals surface area contributed by atoms with Gasteiger partial charge in [0.2, 0.25) is 0 Å². The zero-order valence-electron chi connectivity index (χ0n) is 18.3. The van der Waals surface area contributed by atoms with Crippen LogP contribution in [-0.4, -0.2) is 19.2 Å². The first kappa shape index (κ1) is 22.4. The van der Waals surface area contributed by atoms with Gasteiger partial charge in [-0.3, -0.25) is 4.79 Å². The molecule has 0 aromatic heterocycles. The smallest absolute Gasteiger partial charge is 0.271 e. The fraction of sp³-hybridized carbons (Fsp3) is 0.111. The zero-order chi connectivity index (χ0) is 23.2. The Labute approximate surface area is 197 Å². The number of aryl methyl sites for hydroxylation is 1. The number of nitrogens with zero attached hydrogens (tertiary/aromatic N) is 1. The van der Waals surface area contributed by atoms with Crippen LogP contribution in [0.5, 0.6) is 11.5 Å². The number of carbonyl (C=O) groups is 1. The highest BCUT2D eigenvalue weighted by molar-refractivity contribution is 6.32. The summed E-state index contributed by atoms with van der Waals surface area (Å²) in [5.41, 5.74) is 5.96. The van der Waals surface area contributed by atoms with Crippen molar-refractivity contribution in [2.45, 2.75) is 13.5 Å². The molecule has 4 aromatic carbocycles. The second-order valence-electron chi connectivity index (χ2n) is 7.57. The lowest BCUT2D eigenvalue weighted by Crippen LogP contribution is -2.17. The fourth-order valence-corrected chi connectivity index (χ4v) is 3.63. The predicted octanol–water partition coefficient (Wildman–Crippen LogP) is 6.15. The third-order valence-electron chi connectivity index (χ3n) is 5.15. The van der Waals surface area contributed by atoms with Crippen molar-refractivity contribution in [2.75, 3.05) is 7.11 Å². The van der Waals surface area contributed by atoms with Crippen LogP contribution < -0.4 is 14.9 Å². The number of fused-ring (bicyclic) bond motifs is 1. The van der Waals surface area contributed by atoms with E-state index in [2.05, 4.69) is 10.5 Å². The van der Waals surface area contributed by atoms with Gasteiger partial charge in [0.05, 0.1) is 18.3 Å². The summed E-state index contributed by atoms with van der Waals surface area (Å²) in [6.45, 7) is 2.40. The lowest BCUT2D eigenvalue weighted by molar-refractivity contribution is 0.0955. The molecule has 0 fully saturated rings. The Kier molecular flexibility index (Phi) is 6.91. The molecule has 0 aliphatic carbocycles. The summed E-state index contributed by atoms with van der Waals surface area (Å²) in [6, 6.07) is 24.9. The van der Waals surface area contributed by atoms with Crippen LogP contribution in [0.1, 0.15) is 27.0 Å². The highest BCUT2D eigenvalue weighted by Gasteiger charge is 2.12. The van der Waals surface area contributed by atoms with Crippen LogP contribution in [-0.2, 0) is 6.61 Å². The maximum atomic E-state index is 12.5. The number of methoxy groups -OCH3 is 1. The molecule has 0 saturated heterocycles. The van der Waals surface area contributed by atoms with Crippen molar-refractivity contribution in [3.63, 3.8) is 0 Å². The van der Waals surface area contributed by atoms with Gasteiger partial charge in [-0.1, -0.05) is 71.8 Å². The maximum absolute atomic E-state index is 12.5. The van der Waals surface area contributed by atoms with Crippen molar-refractivity contribution in [3.05, 3.63) is 106 Å². The van der Waals surface area contributed by atoms with E-state index in [4.69, 9.17) is 21.1 Å². The first-order valence-corrected chi connectivity index (χ1v) is 10.8. The van der Waals surface area contributed by atoms with Gasteiger partial charge in [0.25, 0.3) is 5.91 Å². The van der Waals surface area contributed by atoms with E-state index in [1.165, 1.54) is 11.8 Å². The largest absolute Gasteiger partial charge is 0.493 e. The minimum Gasteiger partial charge on any atom is -0.493 e. The standard InChI is InChI=1S/C27H23ClN2O3/c1-18-7-9-19(10-8-18)17-33-26-24(28)13-20(14-25(26)32-2)16-29-30-27(31)23-12-11-21-5-3-4-6-22(21)15-23/h3-16H,17H2,1-2H3,(H,30,31)/b29-16-. The van der Waals surface area contributed by atoms with Crippen LogP contribution in [0.2, 0.25) is 5.02 Å². The van der Waals surface area contributed by atoms with Crippen molar-refractivity contribution in [1.82, 2.24) is 5.43 Å². The van der Waals surface area contributed by atoms with E-state index in [0.717, 1.165) is 16.3 Å². The molecule has 1 N–H and O–H groups in total. The molecule has 33 heavy (non-hydrogen) atoms. The molecule has 0 saturated carbocycles. The van der Waals surface area contributed by atoms with Gasteiger partial charge in [-0.25, -0.2) is 5.43 Å². The van der Waals surface area contributed by atoms with E-state index in [1.54, 1.807) is 25.3 Å². The fourth-order valence-electron chi connectivity index (χ4n) is 3.35. The molecule has 0 atom stereocenters. The molecular formula is C27H23ClN2O3. The quantitative estimate of drug-likeness (QED) is 0.267. The molecule has 0 bridgehead atoms. The Morgan fingerprint density at radius 2 is 1.76 bits per heavy atom. The molecule has 0 spiro atoms. The van der Waals surface area contributed by atoms with Gasteiger partial charge in [-0.05, 0) is 53.1 Å². The third kappa shape index (κ3) is 5.51. The Balaban J connectivity index is 1.44. The number of hydrogen-bond acceptors (Lipinski definition) is 4. The van der Waals surface area contributed by atoms with Crippen LogP contribution in [0.25, 0.3) is 10.8 Å². The molecule has 4 rings (SSSR count). The van der Waals surface area contributed by atoms with Crippen LogP contribution in [0.15, 0.2) is 84.0 Å². The average Bonchev–Trinajstić information content (AvgIpc) is 2.83. The van der Waals surface area contributed by atoms with Crippen molar-refractivity contribution < 1.29 is 14.3 Å². The van der Waals surface area contributed by atoms with Crippen LogP contribution in [0.3, 0.4) is 0 Å². The maximum Gasteiger partial charge on any atom is 0.271 e. The van der Waals surface area contributed by atoms with Gasteiger partial charge in [-0.2, -0.15) is 5.10 Å². The first-order valence-electron chi connectivity index (χ1n) is 10.4. The second kappa shape index (κ2) is 10.2. The van der Waals surface area contributed by atoms with E-state index in [-0.39, 0.29) is 5.91 Å². The molecule has 0 aliphatic heterocycles. The van der Waals surface area contributed by atoms with Crippen LogP contribution >= 0.6 is 11.6 Å². The lowest BCUT2D eigenvalue weighted by atomic mass is 10.1. The number of amides is 1. The Bertz CT molecular complexity index is 1320. The molecule has 5 nitrogen and oxygen atoms in total. The monoisotopic (exact) mass is 458 g/mol. The molecule has 1 amide bonds. The van der Waals surface area contributed by atoms with Gasteiger partial charge in [0, 0.05) is 5.56 Å². The highest BCUT2D eigenvalue weighted by Crippen LogP contribution is 2.36. The minimum atomic E-state index is -0.298. The van der Waals surface area contributed by atoms with Gasteiger partial charge in [0.1, 0.15) is 6.61 Å². The summed E-state index contributed by atoms with van der Waals surface area (Å²) in [5, 5.41) is 6.52. The zero-order valence-corrected chi connectivity index (χ0v) is 19.1. The highest BCUT2D eigenvalue weighted by atomic mass is 35.5. The van der Waals surface area contributed by atoms with Crippen molar-refractivity contribution >= 4 is 34.5 Å². The van der Waals surface area contributed by atoms with E-state index in [9.17, 15) is 4.79 Å². The summed E-state index contributed by atoms with van der Waals surface area (Å²) in [6.07, 6.45) is 1.51. The van der Waals surface area contributed by atoms with E-state index >= 15 is 0 Å². The van der Waals surface area contributed by atoms with Crippen molar-refractivity contribution in [2.24, 2.45) is 5.10 Å². The number of hydrazone groups is 1. The molecule has 0 heterocycles. The topological polar surface area (TPSA) is 59.9 Å². The number of nitrogens with one attached hydrogen (secondary N) is 1. The number of benzene rings is 4. The molecule has 166 valence electrons.